The van der Waals surface area contributed by atoms with Crippen LogP contribution in [0.1, 0.15) is 45.5 Å². The summed E-state index contributed by atoms with van der Waals surface area (Å²) in [6.07, 6.45) is 1.86. The molecule has 4 aromatic rings. The van der Waals surface area contributed by atoms with Crippen LogP contribution < -0.4 is 4.74 Å². The molecule has 0 saturated carbocycles. The zero-order chi connectivity index (χ0) is 24.3. The topological polar surface area (TPSA) is 52.4 Å². The molecule has 4 aliphatic rings. The van der Waals surface area contributed by atoms with Crippen molar-refractivity contribution in [3.63, 3.8) is 0 Å². The van der Waals surface area contributed by atoms with Crippen LogP contribution >= 0.6 is 0 Å². The normalized spacial score (nSPS) is 23.6. The summed E-state index contributed by atoms with van der Waals surface area (Å²) in [5.41, 5.74) is 6.73. The summed E-state index contributed by atoms with van der Waals surface area (Å²) in [5.74, 6) is 2.39. The average Bonchev–Trinajstić information content (AvgIpc) is 3.68. The monoisotopic (exact) mass is 677 g/mol. The molecular weight excluding hydrogens is 655 g/mol. The van der Waals surface area contributed by atoms with E-state index < -0.39 is 0 Å². The molecule has 0 saturated heterocycles. The summed E-state index contributed by atoms with van der Waals surface area (Å²) in [7, 11) is 0. The second-order valence-corrected chi connectivity index (χ2v) is 9.84. The fourth-order valence-corrected chi connectivity index (χ4v) is 5.84. The second kappa shape index (κ2) is 9.25. The van der Waals surface area contributed by atoms with Gasteiger partial charge < -0.3 is 14.2 Å². The van der Waals surface area contributed by atoms with Crippen molar-refractivity contribution >= 4 is 11.8 Å². The van der Waals surface area contributed by atoms with Crippen molar-refractivity contribution in [1.82, 2.24) is 0 Å². The first kappa shape index (κ1) is 23.4. The van der Waals surface area contributed by atoms with Crippen LogP contribution in [0.15, 0.2) is 94.9 Å². The molecule has 0 fully saturated rings. The van der Waals surface area contributed by atoms with Crippen LogP contribution in [-0.4, -0.2) is 24.0 Å². The van der Waals surface area contributed by atoms with Crippen LogP contribution in [0, 0.1) is 12.1 Å². The van der Waals surface area contributed by atoms with Gasteiger partial charge in [-0.1, -0.05) is 71.8 Å². The third-order valence-corrected chi connectivity index (χ3v) is 7.55. The van der Waals surface area contributed by atoms with Crippen LogP contribution in [-0.2, 0) is 43.4 Å². The maximum Gasteiger partial charge on any atom is 2.00 e. The third-order valence-electron chi connectivity index (χ3n) is 7.55. The Bertz CT molecular complexity index is 1490. The Morgan fingerprint density at radius 3 is 1.58 bits per heavy atom. The van der Waals surface area contributed by atoms with E-state index in [0.717, 1.165) is 24.0 Å². The number of nitrogens with zero attached hydrogens (tertiary/aromatic N) is 2. The minimum absolute atomic E-state index is 0. The molecule has 0 spiro atoms. The molecule has 0 aromatic heterocycles. The molecule has 38 heavy (non-hydrogen) atoms. The molecule has 0 amide bonds. The smallest absolute Gasteiger partial charge is 0.514 e. The van der Waals surface area contributed by atoms with Crippen LogP contribution in [0.3, 0.4) is 0 Å². The molecule has 4 aromatic carbocycles. The molecule has 4 atom stereocenters. The molecule has 188 valence electrons. The number of aliphatic imine (C=N–C) groups is 2. The second-order valence-electron chi connectivity index (χ2n) is 9.84. The number of fused-ring (bicyclic) bond motifs is 6. The fourth-order valence-electron chi connectivity index (χ4n) is 5.84. The van der Waals surface area contributed by atoms with Gasteiger partial charge in [0, 0.05) is 24.3 Å². The minimum atomic E-state index is 0. The molecule has 2 heterocycles. The summed E-state index contributed by atoms with van der Waals surface area (Å²) < 4.78 is 18.6. The first-order chi connectivity index (χ1) is 18.3. The van der Waals surface area contributed by atoms with Crippen LogP contribution in [0.4, 0.5) is 0 Å². The maximum atomic E-state index is 6.23. The van der Waals surface area contributed by atoms with E-state index in [2.05, 4.69) is 60.7 Å². The minimum Gasteiger partial charge on any atom is -0.514 e. The Kier molecular flexibility index (Phi) is 5.70. The standard InChI is InChI=1S/C32H22N2O3.Pt/c1-3-13-25-19(7-1)17-27-29(25)33-31(36-27)21-9-5-11-23(15-21)35-24-12-6-10-22(16-24)32-34-30-26-14-4-2-8-20(26)18-28(30)37-32;/h1-14,27-30H,17-18H2;/q-2;+2. The first-order valence-corrected chi connectivity index (χ1v) is 12.7. The van der Waals surface area contributed by atoms with E-state index in [1.54, 1.807) is 0 Å². The van der Waals surface area contributed by atoms with Crippen molar-refractivity contribution in [2.45, 2.75) is 37.1 Å². The van der Waals surface area contributed by atoms with Gasteiger partial charge in [-0.25, -0.2) is 0 Å². The maximum absolute atomic E-state index is 6.23. The molecule has 0 N–H and O–H groups in total. The fraction of sp³-hybridized carbons (Fsp3) is 0.188. The van der Waals surface area contributed by atoms with Gasteiger partial charge >= 0.3 is 21.1 Å². The van der Waals surface area contributed by atoms with Crippen molar-refractivity contribution in [3.8, 4) is 11.5 Å². The van der Waals surface area contributed by atoms with E-state index in [-0.39, 0.29) is 45.4 Å². The molecule has 2 aliphatic heterocycles. The predicted molar refractivity (Wildman–Crippen MR) is 139 cm³/mol. The first-order valence-electron chi connectivity index (χ1n) is 12.7. The van der Waals surface area contributed by atoms with Gasteiger partial charge in [-0.2, -0.15) is 0 Å². The zero-order valence-electron chi connectivity index (χ0n) is 20.2. The number of rotatable bonds is 4. The van der Waals surface area contributed by atoms with Gasteiger partial charge in [-0.3, -0.25) is 9.98 Å². The number of hydrogen-bond donors (Lipinski definition) is 0. The third kappa shape index (κ3) is 3.88. The van der Waals surface area contributed by atoms with E-state index in [1.165, 1.54) is 22.3 Å². The predicted octanol–water partition coefficient (Wildman–Crippen LogP) is 5.96. The SMILES string of the molecule is [Pt+2].[c-]1c(Oc2[c-]c(C3=NC4c5ccccc5CC4O3)ccc2)cccc1C1=NC2c3ccccc3CC2O1. The Morgan fingerprint density at radius 2 is 1.08 bits per heavy atom. The number of benzene rings is 4. The van der Waals surface area contributed by atoms with Crippen molar-refractivity contribution in [3.05, 3.63) is 130 Å². The van der Waals surface area contributed by atoms with Gasteiger partial charge in [0.15, 0.2) is 0 Å². The summed E-state index contributed by atoms with van der Waals surface area (Å²) in [5, 5.41) is 0. The average molecular weight is 678 g/mol. The van der Waals surface area contributed by atoms with Crippen molar-refractivity contribution < 1.29 is 35.3 Å². The van der Waals surface area contributed by atoms with E-state index in [0.29, 0.717) is 23.3 Å². The molecule has 0 radical (unpaired) electrons. The molecule has 4 unspecified atom stereocenters. The molecular formula is C32H22N2O3Pt. The van der Waals surface area contributed by atoms with Crippen molar-refractivity contribution in [2.24, 2.45) is 9.98 Å². The van der Waals surface area contributed by atoms with Gasteiger partial charge in [-0.05, 0) is 22.3 Å². The van der Waals surface area contributed by atoms with Gasteiger partial charge in [0.05, 0.1) is 0 Å². The van der Waals surface area contributed by atoms with Crippen LogP contribution in [0.25, 0.3) is 0 Å². The zero-order valence-corrected chi connectivity index (χ0v) is 22.5. The van der Waals surface area contributed by atoms with Gasteiger partial charge in [0.1, 0.15) is 36.1 Å². The summed E-state index contributed by atoms with van der Waals surface area (Å²) in [6, 6.07) is 35.1. The Hall–Kier alpha value is -3.69. The van der Waals surface area contributed by atoms with E-state index in [9.17, 15) is 0 Å². The van der Waals surface area contributed by atoms with Crippen molar-refractivity contribution in [2.75, 3.05) is 0 Å². The Balaban J connectivity index is 0.00000242. The van der Waals surface area contributed by atoms with Gasteiger partial charge in [0.2, 0.25) is 0 Å². The van der Waals surface area contributed by atoms with E-state index in [1.807, 2.05) is 36.4 Å². The van der Waals surface area contributed by atoms with Crippen molar-refractivity contribution in [1.29, 1.82) is 0 Å². The Labute approximate surface area is 235 Å². The van der Waals surface area contributed by atoms with Crippen LogP contribution in [0.2, 0.25) is 0 Å². The van der Waals surface area contributed by atoms with Crippen LogP contribution in [0.5, 0.6) is 11.5 Å². The Morgan fingerprint density at radius 1 is 0.605 bits per heavy atom. The summed E-state index contributed by atoms with van der Waals surface area (Å²) in [4.78, 5) is 9.78. The van der Waals surface area contributed by atoms with E-state index >= 15 is 0 Å². The van der Waals surface area contributed by atoms with Gasteiger partial charge in [0.25, 0.3) is 0 Å². The molecule has 5 nitrogen and oxygen atoms in total. The molecule has 2 aliphatic carbocycles. The van der Waals surface area contributed by atoms with Gasteiger partial charge in [-0.15, -0.1) is 36.4 Å². The molecule has 8 rings (SSSR count). The largest absolute Gasteiger partial charge is 2.00 e. The summed E-state index contributed by atoms with van der Waals surface area (Å²) in [6.45, 7) is 0. The number of ether oxygens (including phenoxy) is 3. The quantitative estimate of drug-likeness (QED) is 0.251. The molecule has 6 heteroatoms. The summed E-state index contributed by atoms with van der Waals surface area (Å²) >= 11 is 0. The van der Waals surface area contributed by atoms with E-state index in [4.69, 9.17) is 24.2 Å². The molecule has 0 bridgehead atoms. The number of hydrogen-bond acceptors (Lipinski definition) is 5.